The Balaban J connectivity index is 1.89. The van der Waals surface area contributed by atoms with Crippen LogP contribution >= 0.6 is 0 Å². The third-order valence-electron chi connectivity index (χ3n) is 4.21. The van der Waals surface area contributed by atoms with Crippen LogP contribution in [-0.2, 0) is 9.47 Å². The maximum Gasteiger partial charge on any atom is 0.338 e. The Morgan fingerprint density at radius 3 is 2.34 bits per heavy atom. The molecule has 9 heteroatoms. The summed E-state index contributed by atoms with van der Waals surface area (Å²) in [6.45, 7) is 1.75. The number of hydrogen-bond acceptors (Lipinski definition) is 7. The van der Waals surface area contributed by atoms with Crippen LogP contribution in [0.1, 0.15) is 36.8 Å². The lowest BCUT2D eigenvalue weighted by molar-refractivity contribution is 0.0555. The van der Waals surface area contributed by atoms with Crippen LogP contribution in [0.25, 0.3) is 5.82 Å². The van der Waals surface area contributed by atoms with Crippen LogP contribution in [0, 0.1) is 6.92 Å². The van der Waals surface area contributed by atoms with E-state index >= 15 is 0 Å². The van der Waals surface area contributed by atoms with Gasteiger partial charge in [-0.2, -0.15) is 5.10 Å². The van der Waals surface area contributed by atoms with Crippen LogP contribution in [0.2, 0.25) is 0 Å². The first kappa shape index (κ1) is 19.7. The van der Waals surface area contributed by atoms with Crippen LogP contribution in [0.15, 0.2) is 48.8 Å². The van der Waals surface area contributed by atoms with Crippen molar-refractivity contribution < 1.29 is 23.9 Å². The van der Waals surface area contributed by atoms with E-state index in [1.54, 1.807) is 29.9 Å². The summed E-state index contributed by atoms with van der Waals surface area (Å²) in [7, 11) is 2.41. The van der Waals surface area contributed by atoms with E-state index in [0.29, 0.717) is 22.8 Å². The predicted octanol–water partition coefficient (Wildman–Crippen LogP) is 2.40. The molecule has 1 N–H and O–H groups in total. The molecule has 0 aliphatic heterocycles. The van der Waals surface area contributed by atoms with E-state index in [0.717, 1.165) is 0 Å². The van der Waals surface area contributed by atoms with Gasteiger partial charge >= 0.3 is 11.9 Å². The number of carbonyl (C=O) groups excluding carboxylic acids is 3. The molecule has 0 aliphatic rings. The van der Waals surface area contributed by atoms with Crippen molar-refractivity contribution in [2.24, 2.45) is 0 Å². The van der Waals surface area contributed by atoms with Crippen LogP contribution in [0.5, 0.6) is 0 Å². The highest BCUT2D eigenvalue weighted by molar-refractivity contribution is 6.07. The number of nitrogens with zero attached hydrogens (tertiary/aromatic N) is 3. The highest BCUT2D eigenvalue weighted by Crippen LogP contribution is 2.20. The Morgan fingerprint density at radius 2 is 1.69 bits per heavy atom. The van der Waals surface area contributed by atoms with E-state index in [2.05, 4.69) is 20.1 Å². The Morgan fingerprint density at radius 1 is 0.966 bits per heavy atom. The van der Waals surface area contributed by atoms with Gasteiger partial charge < -0.3 is 14.8 Å². The molecule has 0 spiro atoms. The number of esters is 2. The van der Waals surface area contributed by atoms with Gasteiger partial charge in [-0.25, -0.2) is 19.3 Å². The Kier molecular flexibility index (Phi) is 5.68. The summed E-state index contributed by atoms with van der Waals surface area (Å²) >= 11 is 0. The lowest BCUT2D eigenvalue weighted by Gasteiger charge is -2.10. The third kappa shape index (κ3) is 3.98. The first-order valence-corrected chi connectivity index (χ1v) is 8.54. The molecule has 0 bridgehead atoms. The molecule has 0 atom stereocenters. The Labute approximate surface area is 166 Å². The van der Waals surface area contributed by atoms with Crippen molar-refractivity contribution in [1.82, 2.24) is 14.8 Å². The zero-order valence-corrected chi connectivity index (χ0v) is 16.0. The van der Waals surface area contributed by atoms with Gasteiger partial charge in [0.15, 0.2) is 5.82 Å². The van der Waals surface area contributed by atoms with E-state index in [9.17, 15) is 14.4 Å². The van der Waals surface area contributed by atoms with Crippen molar-refractivity contribution in [3.63, 3.8) is 0 Å². The van der Waals surface area contributed by atoms with Gasteiger partial charge in [0.05, 0.1) is 42.8 Å². The molecule has 0 fully saturated rings. The highest BCUT2D eigenvalue weighted by atomic mass is 16.5. The molecule has 3 aromatic rings. The molecule has 0 saturated carbocycles. The predicted molar refractivity (Wildman–Crippen MR) is 103 cm³/mol. The molecule has 3 rings (SSSR count). The van der Waals surface area contributed by atoms with Gasteiger partial charge in [-0.1, -0.05) is 6.07 Å². The summed E-state index contributed by atoms with van der Waals surface area (Å²) in [5, 5.41) is 6.91. The number of benzene rings is 1. The topological polar surface area (TPSA) is 112 Å². The zero-order valence-electron chi connectivity index (χ0n) is 16.0. The maximum absolute atomic E-state index is 12.7. The molecule has 0 unspecified atom stereocenters. The summed E-state index contributed by atoms with van der Waals surface area (Å²) < 4.78 is 10.9. The summed E-state index contributed by atoms with van der Waals surface area (Å²) in [4.78, 5) is 40.8. The number of aromatic nitrogens is 3. The lowest BCUT2D eigenvalue weighted by Crippen LogP contribution is -2.16. The molecular formula is C20H18N4O5. The first-order chi connectivity index (χ1) is 14.0. The summed E-state index contributed by atoms with van der Waals surface area (Å²) in [6, 6.07) is 9.62. The molecule has 0 saturated heterocycles. The number of anilines is 1. The van der Waals surface area contributed by atoms with Crippen LogP contribution in [0.4, 0.5) is 5.69 Å². The number of pyridine rings is 1. The minimum Gasteiger partial charge on any atom is -0.465 e. The van der Waals surface area contributed by atoms with Crippen molar-refractivity contribution in [2.45, 2.75) is 6.92 Å². The number of amides is 1. The van der Waals surface area contributed by atoms with Gasteiger partial charge in [-0.3, -0.25) is 4.79 Å². The average molecular weight is 394 g/mol. The van der Waals surface area contributed by atoms with Crippen molar-refractivity contribution in [3.8, 4) is 5.82 Å². The molecule has 0 aliphatic carbocycles. The molecule has 29 heavy (non-hydrogen) atoms. The highest BCUT2D eigenvalue weighted by Gasteiger charge is 2.21. The fourth-order valence-corrected chi connectivity index (χ4v) is 2.73. The monoisotopic (exact) mass is 394 g/mol. The summed E-state index contributed by atoms with van der Waals surface area (Å²) in [5.41, 5.74) is 1.27. The molecule has 1 amide bonds. The minimum absolute atomic E-state index is 0.0157. The minimum atomic E-state index is -0.722. The standard InChI is InChI=1S/C20H18N4O5/c1-12-16(11-22-24(12)17-6-4-5-9-21-17)18(25)23-13-7-8-14(19(26)28-2)15(10-13)20(27)29-3/h4-11H,1-3H3,(H,23,25). The van der Waals surface area contributed by atoms with Crippen LogP contribution in [-0.4, -0.2) is 46.8 Å². The molecular weight excluding hydrogens is 376 g/mol. The summed E-state index contributed by atoms with van der Waals surface area (Å²) in [6.07, 6.45) is 3.07. The SMILES string of the molecule is COC(=O)c1ccc(NC(=O)c2cnn(-c3ccccn3)c2C)cc1C(=O)OC. The van der Waals surface area contributed by atoms with E-state index in [-0.39, 0.29) is 11.1 Å². The molecule has 0 radical (unpaired) electrons. The lowest BCUT2D eigenvalue weighted by atomic mass is 10.1. The number of ether oxygens (including phenoxy) is 2. The first-order valence-electron chi connectivity index (χ1n) is 8.54. The fraction of sp³-hybridized carbons (Fsp3) is 0.150. The van der Waals surface area contributed by atoms with Gasteiger partial charge in [-0.15, -0.1) is 0 Å². The van der Waals surface area contributed by atoms with Crippen LogP contribution < -0.4 is 5.32 Å². The van der Waals surface area contributed by atoms with Gasteiger partial charge in [0.25, 0.3) is 5.91 Å². The number of nitrogens with one attached hydrogen (secondary N) is 1. The summed E-state index contributed by atoms with van der Waals surface area (Å²) in [5.74, 6) is -1.25. The van der Waals surface area contributed by atoms with Crippen molar-refractivity contribution in [1.29, 1.82) is 0 Å². The van der Waals surface area contributed by atoms with Gasteiger partial charge in [-0.05, 0) is 37.3 Å². The normalized spacial score (nSPS) is 10.3. The van der Waals surface area contributed by atoms with E-state index in [1.165, 1.54) is 38.6 Å². The molecule has 2 aromatic heterocycles. The largest absolute Gasteiger partial charge is 0.465 e. The van der Waals surface area contributed by atoms with Crippen molar-refractivity contribution >= 4 is 23.5 Å². The average Bonchev–Trinajstić information content (AvgIpc) is 3.14. The van der Waals surface area contributed by atoms with Gasteiger partial charge in [0, 0.05) is 11.9 Å². The Bertz CT molecular complexity index is 1080. The smallest absolute Gasteiger partial charge is 0.338 e. The molecule has 148 valence electrons. The Hall–Kier alpha value is -4.01. The van der Waals surface area contributed by atoms with E-state index in [4.69, 9.17) is 4.74 Å². The number of methoxy groups -OCH3 is 2. The van der Waals surface area contributed by atoms with Gasteiger partial charge in [0.1, 0.15) is 0 Å². The molecule has 9 nitrogen and oxygen atoms in total. The maximum atomic E-state index is 12.7. The number of rotatable bonds is 5. The van der Waals surface area contributed by atoms with Crippen molar-refractivity contribution in [2.75, 3.05) is 19.5 Å². The zero-order chi connectivity index (χ0) is 21.0. The van der Waals surface area contributed by atoms with E-state index < -0.39 is 17.8 Å². The van der Waals surface area contributed by atoms with Gasteiger partial charge in [0.2, 0.25) is 0 Å². The third-order valence-corrected chi connectivity index (χ3v) is 4.21. The number of hydrogen-bond donors (Lipinski definition) is 1. The second-order valence-corrected chi connectivity index (χ2v) is 5.94. The second-order valence-electron chi connectivity index (χ2n) is 5.94. The fourth-order valence-electron chi connectivity index (χ4n) is 2.73. The quantitative estimate of drug-likeness (QED) is 0.661. The van der Waals surface area contributed by atoms with E-state index in [1.807, 2.05) is 6.07 Å². The van der Waals surface area contributed by atoms with Crippen molar-refractivity contribution in [3.05, 3.63) is 71.2 Å². The second kappa shape index (κ2) is 8.34. The molecule has 1 aromatic carbocycles. The molecule has 2 heterocycles. The van der Waals surface area contributed by atoms with Crippen LogP contribution in [0.3, 0.4) is 0 Å². The number of carbonyl (C=O) groups is 3.